The van der Waals surface area contributed by atoms with Gasteiger partial charge in [0.05, 0.1) is 5.75 Å². The van der Waals surface area contributed by atoms with Crippen LogP contribution >= 0.6 is 11.8 Å². The Morgan fingerprint density at radius 3 is 1.79 bits per heavy atom. The van der Waals surface area contributed by atoms with Crippen LogP contribution in [0.25, 0.3) is 0 Å². The van der Waals surface area contributed by atoms with Crippen LogP contribution in [0.4, 0.5) is 29.0 Å². The number of hydrogen-bond acceptors (Lipinski definition) is 7. The molecule has 0 radical (unpaired) electrons. The highest BCUT2D eigenvalue weighted by Gasteiger charge is 2.11. The van der Waals surface area contributed by atoms with Gasteiger partial charge in [0.15, 0.2) is 5.16 Å². The lowest BCUT2D eigenvalue weighted by Gasteiger charge is -2.11. The molecule has 0 aliphatic carbocycles. The van der Waals surface area contributed by atoms with Crippen molar-refractivity contribution >= 4 is 46.6 Å². The van der Waals surface area contributed by atoms with Crippen LogP contribution in [-0.2, 0) is 4.79 Å². The third kappa shape index (κ3) is 6.79. The van der Waals surface area contributed by atoms with Gasteiger partial charge in [0.2, 0.25) is 17.8 Å². The number of carbonyl (C=O) groups is 1. The maximum absolute atomic E-state index is 12.5. The minimum Gasteiger partial charge on any atom is -0.325 e. The van der Waals surface area contributed by atoms with Gasteiger partial charge in [-0.05, 0) is 62.7 Å². The van der Waals surface area contributed by atoms with Crippen molar-refractivity contribution in [2.24, 2.45) is 0 Å². The Morgan fingerprint density at radius 1 is 0.706 bits per heavy atom. The molecular formula is C26H26N6OS. The van der Waals surface area contributed by atoms with Gasteiger partial charge in [0, 0.05) is 17.1 Å². The number of anilines is 5. The second-order valence-corrected chi connectivity index (χ2v) is 8.90. The maximum atomic E-state index is 12.5. The number of carbonyl (C=O) groups excluding carboxylic acids is 1. The highest BCUT2D eigenvalue weighted by Crippen LogP contribution is 2.22. The number of aromatic nitrogens is 3. The fraction of sp³-hybridized carbons (Fsp3) is 0.154. The molecule has 4 aromatic rings. The van der Waals surface area contributed by atoms with Crippen molar-refractivity contribution < 1.29 is 4.79 Å². The van der Waals surface area contributed by atoms with E-state index in [0.717, 1.165) is 22.6 Å². The Labute approximate surface area is 203 Å². The Hall–Kier alpha value is -3.91. The SMILES string of the molecule is Cc1ccc(Nc2nc(Nc3ccc(C)cc3)nc(SCC(=O)Nc3cccc(C)c3)n2)cc1. The van der Waals surface area contributed by atoms with E-state index in [1.165, 1.54) is 22.9 Å². The van der Waals surface area contributed by atoms with Crippen molar-refractivity contribution in [1.82, 2.24) is 15.0 Å². The number of nitrogens with zero attached hydrogens (tertiary/aromatic N) is 3. The number of amides is 1. The predicted molar refractivity (Wildman–Crippen MR) is 139 cm³/mol. The smallest absolute Gasteiger partial charge is 0.234 e. The van der Waals surface area contributed by atoms with E-state index in [-0.39, 0.29) is 11.7 Å². The lowest BCUT2D eigenvalue weighted by molar-refractivity contribution is -0.113. The molecule has 0 saturated carbocycles. The van der Waals surface area contributed by atoms with Gasteiger partial charge in [0.25, 0.3) is 0 Å². The second kappa shape index (κ2) is 10.8. The molecule has 1 amide bonds. The summed E-state index contributed by atoms with van der Waals surface area (Å²) in [6, 6.07) is 23.6. The quantitative estimate of drug-likeness (QED) is 0.271. The molecule has 3 N–H and O–H groups in total. The standard InChI is InChI=1S/C26H26N6OS/c1-17-7-11-20(12-8-17)28-24-30-25(29-21-13-9-18(2)10-14-21)32-26(31-24)34-16-23(33)27-22-6-4-5-19(3)15-22/h4-15H,16H2,1-3H3,(H,27,33)(H2,28,29,30,31,32). The predicted octanol–water partition coefficient (Wildman–Crippen LogP) is 6.01. The zero-order valence-electron chi connectivity index (χ0n) is 19.3. The number of nitrogens with one attached hydrogen (secondary N) is 3. The van der Waals surface area contributed by atoms with Crippen molar-refractivity contribution in [1.29, 1.82) is 0 Å². The summed E-state index contributed by atoms with van der Waals surface area (Å²) in [6.45, 7) is 6.06. The van der Waals surface area contributed by atoms with E-state index < -0.39 is 0 Å². The van der Waals surface area contributed by atoms with Gasteiger partial charge < -0.3 is 16.0 Å². The van der Waals surface area contributed by atoms with E-state index in [1.54, 1.807) is 0 Å². The van der Waals surface area contributed by atoms with Gasteiger partial charge in [-0.1, -0.05) is 59.3 Å². The molecule has 7 nitrogen and oxygen atoms in total. The molecule has 172 valence electrons. The summed E-state index contributed by atoms with van der Waals surface area (Å²) in [5.74, 6) is 0.841. The molecule has 0 aliphatic rings. The third-order valence-corrected chi connectivity index (χ3v) is 5.71. The molecule has 0 aliphatic heterocycles. The molecule has 0 bridgehead atoms. The molecule has 4 rings (SSSR count). The Bertz CT molecular complexity index is 1210. The summed E-state index contributed by atoms with van der Waals surface area (Å²) in [6.07, 6.45) is 0. The molecule has 0 fully saturated rings. The van der Waals surface area contributed by atoms with E-state index in [0.29, 0.717) is 17.1 Å². The first kappa shape index (κ1) is 23.3. The molecular weight excluding hydrogens is 444 g/mol. The lowest BCUT2D eigenvalue weighted by atomic mass is 10.2. The van der Waals surface area contributed by atoms with Crippen LogP contribution in [0.3, 0.4) is 0 Å². The first-order valence-corrected chi connectivity index (χ1v) is 11.8. The van der Waals surface area contributed by atoms with Gasteiger partial charge >= 0.3 is 0 Å². The summed E-state index contributed by atoms with van der Waals surface area (Å²) in [7, 11) is 0. The molecule has 0 saturated heterocycles. The first-order chi connectivity index (χ1) is 16.4. The van der Waals surface area contributed by atoms with Gasteiger partial charge in [-0.3, -0.25) is 4.79 Å². The average molecular weight is 471 g/mol. The van der Waals surface area contributed by atoms with Crippen LogP contribution in [0.1, 0.15) is 16.7 Å². The van der Waals surface area contributed by atoms with Crippen LogP contribution in [0.2, 0.25) is 0 Å². The Kier molecular flexibility index (Phi) is 7.39. The highest BCUT2D eigenvalue weighted by atomic mass is 32.2. The van der Waals surface area contributed by atoms with Crippen LogP contribution in [0.5, 0.6) is 0 Å². The summed E-state index contributed by atoms with van der Waals surface area (Å²) in [5.41, 5.74) is 5.92. The number of rotatable bonds is 8. The fourth-order valence-corrected chi connectivity index (χ4v) is 3.75. The van der Waals surface area contributed by atoms with Crippen molar-refractivity contribution in [3.8, 4) is 0 Å². The minimum absolute atomic E-state index is 0.128. The molecule has 0 atom stereocenters. The monoisotopic (exact) mass is 470 g/mol. The number of hydrogen-bond donors (Lipinski definition) is 3. The van der Waals surface area contributed by atoms with Gasteiger partial charge in [-0.25, -0.2) is 0 Å². The Balaban J connectivity index is 1.51. The fourth-order valence-electron chi connectivity index (χ4n) is 3.11. The molecule has 1 heterocycles. The number of aryl methyl sites for hydroxylation is 3. The Morgan fingerprint density at radius 2 is 1.26 bits per heavy atom. The molecule has 0 unspecified atom stereocenters. The molecule has 0 spiro atoms. The zero-order chi connectivity index (χ0) is 23.9. The van der Waals surface area contributed by atoms with E-state index in [2.05, 4.69) is 30.9 Å². The van der Waals surface area contributed by atoms with Crippen LogP contribution < -0.4 is 16.0 Å². The zero-order valence-corrected chi connectivity index (χ0v) is 20.1. The molecule has 1 aromatic heterocycles. The molecule has 8 heteroatoms. The largest absolute Gasteiger partial charge is 0.325 e. The lowest BCUT2D eigenvalue weighted by Crippen LogP contribution is -2.14. The third-order valence-electron chi connectivity index (χ3n) is 4.86. The minimum atomic E-state index is -0.128. The summed E-state index contributed by atoms with van der Waals surface area (Å²) in [4.78, 5) is 26.0. The molecule has 34 heavy (non-hydrogen) atoms. The number of benzene rings is 3. The van der Waals surface area contributed by atoms with Crippen LogP contribution in [0.15, 0.2) is 78.0 Å². The van der Waals surface area contributed by atoms with Crippen LogP contribution in [0, 0.1) is 20.8 Å². The normalized spacial score (nSPS) is 10.6. The van der Waals surface area contributed by atoms with E-state index in [1.807, 2.05) is 93.6 Å². The van der Waals surface area contributed by atoms with E-state index >= 15 is 0 Å². The van der Waals surface area contributed by atoms with E-state index in [4.69, 9.17) is 0 Å². The van der Waals surface area contributed by atoms with E-state index in [9.17, 15) is 4.79 Å². The molecule has 3 aromatic carbocycles. The summed E-state index contributed by atoms with van der Waals surface area (Å²) >= 11 is 1.25. The highest BCUT2D eigenvalue weighted by molar-refractivity contribution is 7.99. The van der Waals surface area contributed by atoms with Crippen molar-refractivity contribution in [3.05, 3.63) is 89.5 Å². The first-order valence-electron chi connectivity index (χ1n) is 10.9. The van der Waals surface area contributed by atoms with Crippen LogP contribution in [-0.4, -0.2) is 26.6 Å². The average Bonchev–Trinajstić information content (AvgIpc) is 2.81. The van der Waals surface area contributed by atoms with Crippen molar-refractivity contribution in [2.45, 2.75) is 25.9 Å². The maximum Gasteiger partial charge on any atom is 0.234 e. The summed E-state index contributed by atoms with van der Waals surface area (Å²) in [5, 5.41) is 9.80. The van der Waals surface area contributed by atoms with Gasteiger partial charge in [0.1, 0.15) is 0 Å². The summed E-state index contributed by atoms with van der Waals surface area (Å²) < 4.78 is 0. The van der Waals surface area contributed by atoms with Crippen molar-refractivity contribution in [2.75, 3.05) is 21.7 Å². The van der Waals surface area contributed by atoms with Gasteiger partial charge in [-0.2, -0.15) is 15.0 Å². The van der Waals surface area contributed by atoms with Gasteiger partial charge in [-0.15, -0.1) is 0 Å². The topological polar surface area (TPSA) is 91.8 Å². The van der Waals surface area contributed by atoms with Crippen molar-refractivity contribution in [3.63, 3.8) is 0 Å². The second-order valence-electron chi connectivity index (χ2n) is 7.95. The number of thioether (sulfide) groups is 1.